The van der Waals surface area contributed by atoms with Crippen LogP contribution in [-0.4, -0.2) is 42.0 Å². The number of hydrogen-bond acceptors (Lipinski definition) is 4. The molecule has 5 nitrogen and oxygen atoms in total. The van der Waals surface area contributed by atoms with Crippen LogP contribution < -0.4 is 9.64 Å². The number of hydrogen-bond donors (Lipinski definition) is 2. The maximum absolute atomic E-state index is 11.8. The van der Waals surface area contributed by atoms with Gasteiger partial charge in [0.05, 0.1) is 24.0 Å². The number of carboxylic acids is 1. The summed E-state index contributed by atoms with van der Waals surface area (Å²) in [6.07, 6.45) is 7.01. The number of aliphatic hydroxyl groups is 1. The summed E-state index contributed by atoms with van der Waals surface area (Å²) >= 11 is 6.34. The van der Waals surface area contributed by atoms with Gasteiger partial charge < -0.3 is 19.8 Å². The van der Waals surface area contributed by atoms with E-state index in [4.69, 9.17) is 16.3 Å². The number of carboxylic acid groups (broad SMARTS) is 1. The van der Waals surface area contributed by atoms with Gasteiger partial charge in [-0.05, 0) is 91.3 Å². The van der Waals surface area contributed by atoms with Crippen molar-refractivity contribution in [2.24, 2.45) is 11.3 Å². The Labute approximate surface area is 212 Å². The molecule has 0 saturated heterocycles. The molecule has 0 amide bonds. The zero-order chi connectivity index (χ0) is 24.8. The van der Waals surface area contributed by atoms with Crippen molar-refractivity contribution in [1.29, 1.82) is 0 Å². The molecule has 0 radical (unpaired) electrons. The molecule has 2 aromatic carbocycles. The van der Waals surface area contributed by atoms with Crippen molar-refractivity contribution >= 4 is 23.3 Å². The average molecular weight is 496 g/mol. The zero-order valence-corrected chi connectivity index (χ0v) is 21.1. The summed E-state index contributed by atoms with van der Waals surface area (Å²) in [4.78, 5) is 14.1. The molecular weight excluding hydrogens is 462 g/mol. The van der Waals surface area contributed by atoms with Crippen LogP contribution in [0.25, 0.3) is 0 Å². The fourth-order valence-electron chi connectivity index (χ4n) is 6.48. The minimum absolute atomic E-state index is 0.183. The van der Waals surface area contributed by atoms with Crippen molar-refractivity contribution in [3.05, 3.63) is 70.8 Å². The third kappa shape index (κ3) is 4.23. The Morgan fingerprint density at radius 2 is 2.14 bits per heavy atom. The van der Waals surface area contributed by atoms with E-state index in [1.54, 1.807) is 24.3 Å². The third-order valence-electron chi connectivity index (χ3n) is 8.84. The van der Waals surface area contributed by atoms with Crippen LogP contribution in [0.15, 0.2) is 49.1 Å². The molecule has 4 atom stereocenters. The Bertz CT molecular complexity index is 1150. The van der Waals surface area contributed by atoms with E-state index < -0.39 is 12.1 Å². The molecule has 2 aliphatic carbocycles. The minimum Gasteiger partial charge on any atom is -0.490 e. The first-order chi connectivity index (χ1) is 16.8. The smallest absolute Gasteiger partial charge is 0.335 e. The van der Waals surface area contributed by atoms with Crippen molar-refractivity contribution in [2.45, 2.75) is 57.0 Å². The second-order valence-electron chi connectivity index (χ2n) is 10.9. The minimum atomic E-state index is -0.945. The molecule has 1 saturated carbocycles. The highest BCUT2D eigenvalue weighted by Crippen LogP contribution is 2.52. The zero-order valence-electron chi connectivity index (χ0n) is 20.3. The van der Waals surface area contributed by atoms with Gasteiger partial charge in [0.25, 0.3) is 0 Å². The van der Waals surface area contributed by atoms with E-state index in [0.717, 1.165) is 61.7 Å². The van der Waals surface area contributed by atoms with Gasteiger partial charge in [0.15, 0.2) is 0 Å². The summed E-state index contributed by atoms with van der Waals surface area (Å²) in [6, 6.07) is 11.4. The van der Waals surface area contributed by atoms with Crippen LogP contribution in [0.5, 0.6) is 5.75 Å². The number of aromatic carboxylic acids is 1. The third-order valence-corrected chi connectivity index (χ3v) is 9.08. The SMILES string of the molecule is C=CC[C@@H](O)[C@]1(C)CC[C@H]1CN1C[C@@]2(CCCc3cc(Cl)ccc32)COc2ccc(C(=O)O)cc21. The topological polar surface area (TPSA) is 70.0 Å². The van der Waals surface area contributed by atoms with Crippen LogP contribution >= 0.6 is 11.6 Å². The number of rotatable bonds is 6. The summed E-state index contributed by atoms with van der Waals surface area (Å²) in [7, 11) is 0. The summed E-state index contributed by atoms with van der Waals surface area (Å²) in [5.41, 5.74) is 3.26. The lowest BCUT2D eigenvalue weighted by Crippen LogP contribution is -2.53. The molecular formula is C29H34ClNO4. The van der Waals surface area contributed by atoms with Gasteiger partial charge in [0.2, 0.25) is 0 Å². The van der Waals surface area contributed by atoms with Crippen molar-refractivity contribution in [3.8, 4) is 5.75 Å². The van der Waals surface area contributed by atoms with Gasteiger partial charge in [-0.2, -0.15) is 0 Å². The summed E-state index contributed by atoms with van der Waals surface area (Å²) in [5, 5.41) is 21.3. The van der Waals surface area contributed by atoms with Gasteiger partial charge in [-0.3, -0.25) is 0 Å². The van der Waals surface area contributed by atoms with E-state index in [1.165, 1.54) is 11.1 Å². The number of nitrogens with zero attached hydrogens (tertiary/aromatic N) is 1. The second-order valence-corrected chi connectivity index (χ2v) is 11.3. The van der Waals surface area contributed by atoms with E-state index in [9.17, 15) is 15.0 Å². The summed E-state index contributed by atoms with van der Waals surface area (Å²) in [5.74, 6) is 0.0714. The van der Waals surface area contributed by atoms with Crippen LogP contribution in [0.1, 0.15) is 60.5 Å². The number of ether oxygens (including phenoxy) is 1. The highest BCUT2D eigenvalue weighted by molar-refractivity contribution is 6.30. The molecule has 2 aromatic rings. The van der Waals surface area contributed by atoms with Crippen molar-refractivity contribution in [2.75, 3.05) is 24.6 Å². The lowest BCUT2D eigenvalue weighted by atomic mass is 9.57. The first kappa shape index (κ1) is 24.2. The van der Waals surface area contributed by atoms with E-state index in [1.807, 2.05) is 6.07 Å². The first-order valence-electron chi connectivity index (χ1n) is 12.6. The predicted octanol–water partition coefficient (Wildman–Crippen LogP) is 5.86. The van der Waals surface area contributed by atoms with Crippen LogP contribution in [0.2, 0.25) is 5.02 Å². The highest BCUT2D eigenvalue weighted by atomic mass is 35.5. The van der Waals surface area contributed by atoms with Gasteiger partial charge in [-0.25, -0.2) is 4.79 Å². The monoisotopic (exact) mass is 495 g/mol. The molecule has 0 aromatic heterocycles. The standard InChI is InChI=1S/C29H34ClNO4/c1-3-5-26(32)28(2)13-11-21(28)16-31-17-29(12-4-6-19-14-22(30)8-9-23(19)29)18-35-25-10-7-20(27(33)34)15-24(25)31/h3,7-10,14-15,21,26,32H,1,4-6,11-13,16-18H2,2H3,(H,33,34)/t21-,26+,28+,29-/m0/s1. The normalized spacial score (nSPS) is 28.2. The largest absolute Gasteiger partial charge is 0.490 e. The molecule has 1 spiro atoms. The molecule has 1 aliphatic heterocycles. The number of benzene rings is 2. The fraction of sp³-hybridized carbons (Fsp3) is 0.483. The van der Waals surface area contributed by atoms with Crippen LogP contribution in [-0.2, 0) is 11.8 Å². The van der Waals surface area contributed by atoms with Gasteiger partial charge in [0, 0.05) is 23.5 Å². The van der Waals surface area contributed by atoms with E-state index in [-0.39, 0.29) is 16.4 Å². The fourth-order valence-corrected chi connectivity index (χ4v) is 6.68. The van der Waals surface area contributed by atoms with Crippen molar-refractivity contribution < 1.29 is 19.7 Å². The maximum atomic E-state index is 11.8. The Morgan fingerprint density at radius 1 is 1.31 bits per heavy atom. The Kier molecular flexibility index (Phi) is 6.35. The highest BCUT2D eigenvalue weighted by Gasteiger charge is 2.49. The van der Waals surface area contributed by atoms with Gasteiger partial charge >= 0.3 is 5.97 Å². The molecule has 0 bridgehead atoms. The molecule has 1 heterocycles. The summed E-state index contributed by atoms with van der Waals surface area (Å²) in [6.45, 7) is 8.01. The second kappa shape index (κ2) is 9.18. The van der Waals surface area contributed by atoms with Crippen LogP contribution in [0.3, 0.4) is 0 Å². The summed E-state index contributed by atoms with van der Waals surface area (Å²) < 4.78 is 6.43. The molecule has 0 unspecified atom stereocenters. The van der Waals surface area contributed by atoms with Gasteiger partial charge in [-0.1, -0.05) is 30.7 Å². The molecule has 1 fully saturated rings. The molecule has 6 heteroatoms. The average Bonchev–Trinajstić information content (AvgIpc) is 2.98. The number of fused-ring (bicyclic) bond motifs is 3. The predicted molar refractivity (Wildman–Crippen MR) is 139 cm³/mol. The van der Waals surface area contributed by atoms with Crippen molar-refractivity contribution in [1.82, 2.24) is 0 Å². The van der Waals surface area contributed by atoms with E-state index in [2.05, 4.69) is 30.5 Å². The van der Waals surface area contributed by atoms with Crippen LogP contribution in [0, 0.1) is 11.3 Å². The Hall–Kier alpha value is -2.50. The molecule has 5 rings (SSSR count). The van der Waals surface area contributed by atoms with Crippen LogP contribution in [0.4, 0.5) is 5.69 Å². The van der Waals surface area contributed by atoms with Gasteiger partial charge in [0.1, 0.15) is 5.75 Å². The number of aryl methyl sites for hydroxylation is 1. The van der Waals surface area contributed by atoms with E-state index in [0.29, 0.717) is 18.9 Å². The number of carbonyl (C=O) groups is 1. The number of aliphatic hydroxyl groups excluding tert-OH is 1. The quantitative estimate of drug-likeness (QED) is 0.491. The maximum Gasteiger partial charge on any atom is 0.335 e. The molecule has 35 heavy (non-hydrogen) atoms. The molecule has 2 N–H and O–H groups in total. The first-order valence-corrected chi connectivity index (χ1v) is 13.0. The lowest BCUT2D eigenvalue weighted by molar-refractivity contribution is -0.0695. The lowest BCUT2D eigenvalue weighted by Gasteiger charge is -2.52. The van der Waals surface area contributed by atoms with Crippen molar-refractivity contribution in [3.63, 3.8) is 0 Å². The number of anilines is 1. The Balaban J connectivity index is 1.55. The number of halogens is 1. The van der Waals surface area contributed by atoms with E-state index >= 15 is 0 Å². The molecule has 186 valence electrons. The Morgan fingerprint density at radius 3 is 2.86 bits per heavy atom. The van der Waals surface area contributed by atoms with Gasteiger partial charge in [-0.15, -0.1) is 6.58 Å². The molecule has 3 aliphatic rings.